The van der Waals surface area contributed by atoms with Crippen LogP contribution in [0.5, 0.6) is 0 Å². The number of hydrogen-bond acceptors (Lipinski definition) is 6. The van der Waals surface area contributed by atoms with E-state index >= 15 is 0 Å². The second-order valence-electron chi connectivity index (χ2n) is 7.75. The van der Waals surface area contributed by atoms with Crippen LogP contribution < -0.4 is 11.1 Å². The van der Waals surface area contributed by atoms with Crippen LogP contribution in [0.4, 0.5) is 0 Å². The van der Waals surface area contributed by atoms with Crippen molar-refractivity contribution in [2.45, 2.75) is 38.3 Å². The molecular weight excluding hydrogens is 360 g/mol. The van der Waals surface area contributed by atoms with Crippen molar-refractivity contribution >= 4 is 23.6 Å². The Hall–Kier alpha value is -2.58. The Morgan fingerprint density at radius 3 is 2.57 bits per heavy atom. The number of benzene rings is 1. The fourth-order valence-corrected chi connectivity index (χ4v) is 4.04. The molecule has 0 aromatic heterocycles. The molecule has 28 heavy (non-hydrogen) atoms. The molecule has 2 aliphatic heterocycles. The standard InChI is InChI=1S/C20H24N4O4/c21-8-9-23(10-12-4-5-12)11-13-2-1-3-14-17(13)20(28)24(19(14)27)15-6-7-16(25)22-18(15)26/h1-3,12,15H,4-11,21H2,(H,22,25,26). The van der Waals surface area contributed by atoms with Crippen LogP contribution in [0.3, 0.4) is 0 Å². The molecule has 8 nitrogen and oxygen atoms in total. The summed E-state index contributed by atoms with van der Waals surface area (Å²) in [5.41, 5.74) is 7.22. The Bertz CT molecular complexity index is 849. The van der Waals surface area contributed by atoms with E-state index in [1.165, 1.54) is 12.8 Å². The van der Waals surface area contributed by atoms with Crippen molar-refractivity contribution < 1.29 is 19.2 Å². The normalized spacial score (nSPS) is 22.1. The van der Waals surface area contributed by atoms with Crippen LogP contribution in [-0.4, -0.2) is 59.1 Å². The summed E-state index contributed by atoms with van der Waals surface area (Å²) in [6.45, 7) is 2.72. The first-order chi connectivity index (χ1) is 13.5. The quantitative estimate of drug-likeness (QED) is 0.652. The van der Waals surface area contributed by atoms with Gasteiger partial charge in [-0.15, -0.1) is 0 Å². The molecule has 8 heteroatoms. The number of piperidine rings is 1. The minimum atomic E-state index is -0.940. The van der Waals surface area contributed by atoms with Crippen molar-refractivity contribution in [3.63, 3.8) is 0 Å². The summed E-state index contributed by atoms with van der Waals surface area (Å²) < 4.78 is 0. The molecule has 1 saturated heterocycles. The van der Waals surface area contributed by atoms with Crippen molar-refractivity contribution in [1.29, 1.82) is 0 Å². The van der Waals surface area contributed by atoms with Crippen LogP contribution in [0.25, 0.3) is 0 Å². The second kappa shape index (κ2) is 7.44. The molecule has 4 amide bonds. The number of carbonyl (C=O) groups excluding carboxylic acids is 4. The Morgan fingerprint density at radius 2 is 1.89 bits per heavy atom. The van der Waals surface area contributed by atoms with Gasteiger partial charge < -0.3 is 5.73 Å². The molecule has 2 fully saturated rings. The molecule has 4 rings (SSSR count). The van der Waals surface area contributed by atoms with Gasteiger partial charge in [0, 0.05) is 32.6 Å². The van der Waals surface area contributed by atoms with E-state index in [1.807, 2.05) is 6.07 Å². The van der Waals surface area contributed by atoms with Crippen molar-refractivity contribution in [2.24, 2.45) is 11.7 Å². The molecule has 2 heterocycles. The van der Waals surface area contributed by atoms with E-state index in [1.54, 1.807) is 12.1 Å². The van der Waals surface area contributed by atoms with E-state index in [0.29, 0.717) is 30.1 Å². The summed E-state index contributed by atoms with van der Waals surface area (Å²) in [6, 6.07) is 4.31. The minimum Gasteiger partial charge on any atom is -0.329 e. The average molecular weight is 384 g/mol. The van der Waals surface area contributed by atoms with E-state index in [2.05, 4.69) is 10.2 Å². The number of carbonyl (C=O) groups is 4. The summed E-state index contributed by atoms with van der Waals surface area (Å²) in [5, 5.41) is 2.22. The number of hydrogen-bond donors (Lipinski definition) is 2. The number of rotatable bonds is 7. The van der Waals surface area contributed by atoms with Gasteiger partial charge in [-0.05, 0) is 36.8 Å². The fourth-order valence-electron chi connectivity index (χ4n) is 4.04. The molecule has 0 spiro atoms. The van der Waals surface area contributed by atoms with Gasteiger partial charge in [-0.2, -0.15) is 0 Å². The number of nitrogens with zero attached hydrogens (tertiary/aromatic N) is 2. The van der Waals surface area contributed by atoms with E-state index in [-0.39, 0.29) is 18.7 Å². The smallest absolute Gasteiger partial charge is 0.262 e. The Morgan fingerprint density at radius 1 is 1.11 bits per heavy atom. The van der Waals surface area contributed by atoms with Gasteiger partial charge >= 0.3 is 0 Å². The van der Waals surface area contributed by atoms with Gasteiger partial charge in [0.05, 0.1) is 11.1 Å². The zero-order valence-electron chi connectivity index (χ0n) is 15.6. The number of nitrogens with two attached hydrogens (primary N) is 1. The van der Waals surface area contributed by atoms with Crippen LogP contribution in [0.15, 0.2) is 18.2 Å². The number of fused-ring (bicyclic) bond motifs is 1. The maximum Gasteiger partial charge on any atom is 0.262 e. The molecule has 1 atom stereocenters. The van der Waals surface area contributed by atoms with Crippen LogP contribution >= 0.6 is 0 Å². The third-order valence-electron chi connectivity index (χ3n) is 5.61. The van der Waals surface area contributed by atoms with Crippen molar-refractivity contribution in [3.8, 4) is 0 Å². The lowest BCUT2D eigenvalue weighted by Crippen LogP contribution is -2.54. The summed E-state index contributed by atoms with van der Waals surface area (Å²) in [7, 11) is 0. The van der Waals surface area contributed by atoms with Gasteiger partial charge in [-0.1, -0.05) is 12.1 Å². The van der Waals surface area contributed by atoms with Crippen LogP contribution in [-0.2, 0) is 16.1 Å². The molecule has 1 aromatic rings. The van der Waals surface area contributed by atoms with E-state index in [4.69, 9.17) is 5.73 Å². The third-order valence-corrected chi connectivity index (χ3v) is 5.61. The SMILES string of the molecule is NCCN(Cc1cccc2c1C(=O)N(C1CCC(=O)NC1=O)C2=O)CC1CC1. The molecule has 148 valence electrons. The Balaban J connectivity index is 1.60. The monoisotopic (exact) mass is 384 g/mol. The minimum absolute atomic E-state index is 0.113. The highest BCUT2D eigenvalue weighted by molar-refractivity contribution is 6.24. The summed E-state index contributed by atoms with van der Waals surface area (Å²) >= 11 is 0. The van der Waals surface area contributed by atoms with Crippen LogP contribution in [0.1, 0.15) is 52.0 Å². The Kier molecular flexibility index (Phi) is 4.99. The highest BCUT2D eigenvalue weighted by Gasteiger charge is 2.45. The average Bonchev–Trinajstić information content (AvgIpc) is 3.43. The topological polar surface area (TPSA) is 113 Å². The third kappa shape index (κ3) is 3.45. The molecule has 1 aromatic carbocycles. The molecular formula is C20H24N4O4. The van der Waals surface area contributed by atoms with Gasteiger partial charge in [0.2, 0.25) is 11.8 Å². The molecule has 0 radical (unpaired) electrons. The highest BCUT2D eigenvalue weighted by atomic mass is 16.2. The number of nitrogens with one attached hydrogen (secondary N) is 1. The number of amides is 4. The maximum absolute atomic E-state index is 13.1. The van der Waals surface area contributed by atoms with Crippen molar-refractivity contribution in [2.75, 3.05) is 19.6 Å². The highest BCUT2D eigenvalue weighted by Crippen LogP contribution is 2.32. The van der Waals surface area contributed by atoms with E-state index in [9.17, 15) is 19.2 Å². The predicted octanol–water partition coefficient (Wildman–Crippen LogP) is 0.258. The first kappa shape index (κ1) is 18.8. The fraction of sp³-hybridized carbons (Fsp3) is 0.500. The Labute approximate surface area is 163 Å². The van der Waals surface area contributed by atoms with Gasteiger partial charge in [0.25, 0.3) is 11.8 Å². The van der Waals surface area contributed by atoms with Crippen molar-refractivity contribution in [1.82, 2.24) is 15.1 Å². The lowest BCUT2D eigenvalue weighted by atomic mass is 10.0. The van der Waals surface area contributed by atoms with Gasteiger partial charge in [0.15, 0.2) is 0 Å². The predicted molar refractivity (Wildman–Crippen MR) is 100 cm³/mol. The largest absolute Gasteiger partial charge is 0.329 e. The van der Waals surface area contributed by atoms with Crippen molar-refractivity contribution in [3.05, 3.63) is 34.9 Å². The zero-order valence-corrected chi connectivity index (χ0v) is 15.6. The van der Waals surface area contributed by atoms with E-state index < -0.39 is 23.8 Å². The lowest BCUT2D eigenvalue weighted by Gasteiger charge is -2.28. The summed E-state index contributed by atoms with van der Waals surface area (Å²) in [4.78, 5) is 52.9. The summed E-state index contributed by atoms with van der Waals surface area (Å²) in [6.07, 6.45) is 2.71. The molecule has 3 N–H and O–H groups in total. The molecule has 1 unspecified atom stereocenters. The lowest BCUT2D eigenvalue weighted by molar-refractivity contribution is -0.136. The van der Waals surface area contributed by atoms with Gasteiger partial charge in [0.1, 0.15) is 6.04 Å². The maximum atomic E-state index is 13.1. The zero-order chi connectivity index (χ0) is 19.8. The molecule has 3 aliphatic rings. The molecule has 1 aliphatic carbocycles. The van der Waals surface area contributed by atoms with Gasteiger partial charge in [-0.25, -0.2) is 0 Å². The first-order valence-electron chi connectivity index (χ1n) is 9.75. The second-order valence-corrected chi connectivity index (χ2v) is 7.75. The number of imide groups is 2. The summed E-state index contributed by atoms with van der Waals surface area (Å²) in [5.74, 6) is -1.21. The van der Waals surface area contributed by atoms with Crippen LogP contribution in [0, 0.1) is 5.92 Å². The molecule has 1 saturated carbocycles. The molecule has 0 bridgehead atoms. The van der Waals surface area contributed by atoms with Gasteiger partial charge in [-0.3, -0.25) is 34.3 Å². The van der Waals surface area contributed by atoms with Crippen LogP contribution in [0.2, 0.25) is 0 Å². The first-order valence-corrected chi connectivity index (χ1v) is 9.75. The van der Waals surface area contributed by atoms with E-state index in [0.717, 1.165) is 23.6 Å².